The highest BCUT2D eigenvalue weighted by atomic mass is 35.5. The number of likely N-dealkylation sites (tertiary alicyclic amines) is 1. The summed E-state index contributed by atoms with van der Waals surface area (Å²) in [5, 5.41) is 3.18. The van der Waals surface area contributed by atoms with Gasteiger partial charge in [0, 0.05) is 36.6 Å². The summed E-state index contributed by atoms with van der Waals surface area (Å²) in [6.07, 6.45) is 1.05. The molecule has 0 aliphatic carbocycles. The summed E-state index contributed by atoms with van der Waals surface area (Å²) in [5.41, 5.74) is 8.60. The van der Waals surface area contributed by atoms with Crippen molar-refractivity contribution in [3.8, 4) is 22.1 Å². The molecule has 1 aromatic carbocycles. The van der Waals surface area contributed by atoms with Gasteiger partial charge < -0.3 is 15.2 Å². The molecule has 25 heavy (non-hydrogen) atoms. The lowest BCUT2D eigenvalue weighted by Crippen LogP contribution is -2.52. The van der Waals surface area contributed by atoms with Gasteiger partial charge >= 0.3 is 0 Å². The van der Waals surface area contributed by atoms with Crippen LogP contribution in [0.1, 0.15) is 26.0 Å². The third-order valence-corrected chi connectivity index (χ3v) is 5.89. The van der Waals surface area contributed by atoms with E-state index < -0.39 is 0 Å². The van der Waals surface area contributed by atoms with Crippen LogP contribution >= 0.6 is 23.7 Å². The van der Waals surface area contributed by atoms with Crippen molar-refractivity contribution >= 4 is 23.7 Å². The van der Waals surface area contributed by atoms with Crippen molar-refractivity contribution in [3.05, 3.63) is 29.3 Å². The number of nitrogens with zero attached hydrogens (tertiary/aromatic N) is 2. The van der Waals surface area contributed by atoms with Gasteiger partial charge in [-0.3, -0.25) is 4.90 Å². The fourth-order valence-electron chi connectivity index (χ4n) is 3.39. The summed E-state index contributed by atoms with van der Waals surface area (Å²) in [5.74, 6) is 1.61. The number of benzene rings is 1. The molecule has 2 N–H and O–H groups in total. The molecular formula is C18H24ClN3O2S. The van der Waals surface area contributed by atoms with Crippen LogP contribution in [-0.2, 0) is 6.54 Å². The van der Waals surface area contributed by atoms with Gasteiger partial charge in [-0.05, 0) is 30.0 Å². The van der Waals surface area contributed by atoms with E-state index in [1.54, 1.807) is 11.3 Å². The average molecular weight is 382 g/mol. The van der Waals surface area contributed by atoms with Crippen LogP contribution in [0.2, 0.25) is 0 Å². The highest BCUT2D eigenvalue weighted by Crippen LogP contribution is 2.37. The molecule has 1 fully saturated rings. The van der Waals surface area contributed by atoms with Crippen molar-refractivity contribution in [1.29, 1.82) is 0 Å². The normalized spacial score (nSPS) is 21.8. The topological polar surface area (TPSA) is 60.6 Å². The van der Waals surface area contributed by atoms with Crippen LogP contribution in [0.25, 0.3) is 10.6 Å². The summed E-state index contributed by atoms with van der Waals surface area (Å²) in [6.45, 7) is 7.75. The Labute approximate surface area is 158 Å². The Morgan fingerprint density at radius 1 is 1.32 bits per heavy atom. The second-order valence-electron chi connectivity index (χ2n) is 7.31. The van der Waals surface area contributed by atoms with Crippen molar-refractivity contribution in [1.82, 2.24) is 9.88 Å². The first-order chi connectivity index (χ1) is 11.5. The molecular weight excluding hydrogens is 358 g/mol. The molecule has 3 heterocycles. The Balaban J connectivity index is 0.00000182. The van der Waals surface area contributed by atoms with Gasteiger partial charge in [0.1, 0.15) is 5.01 Å². The minimum Gasteiger partial charge on any atom is -0.454 e. The maximum atomic E-state index is 6.23. The zero-order valence-corrected chi connectivity index (χ0v) is 16.2. The fourth-order valence-corrected chi connectivity index (χ4v) is 4.20. The van der Waals surface area contributed by atoms with E-state index in [1.165, 1.54) is 0 Å². The van der Waals surface area contributed by atoms with E-state index in [2.05, 4.69) is 24.1 Å². The molecule has 1 unspecified atom stereocenters. The molecule has 1 atom stereocenters. The number of ether oxygens (including phenoxy) is 2. The number of fused-ring (bicyclic) bond motifs is 1. The molecule has 2 aliphatic heterocycles. The smallest absolute Gasteiger partial charge is 0.231 e. The summed E-state index contributed by atoms with van der Waals surface area (Å²) >= 11 is 1.68. The molecule has 1 aromatic heterocycles. The van der Waals surface area contributed by atoms with Gasteiger partial charge in [0.25, 0.3) is 0 Å². The van der Waals surface area contributed by atoms with Crippen molar-refractivity contribution < 1.29 is 9.47 Å². The lowest BCUT2D eigenvalue weighted by atomic mass is 9.80. The molecule has 7 heteroatoms. The first kappa shape index (κ1) is 18.5. The summed E-state index contributed by atoms with van der Waals surface area (Å²) in [7, 11) is 0. The van der Waals surface area contributed by atoms with Gasteiger partial charge in [-0.2, -0.15) is 0 Å². The Bertz CT molecular complexity index is 750. The summed E-state index contributed by atoms with van der Waals surface area (Å²) < 4.78 is 10.8. The molecule has 0 spiro atoms. The number of nitrogens with two attached hydrogens (primary N) is 1. The zero-order valence-electron chi connectivity index (χ0n) is 14.5. The maximum Gasteiger partial charge on any atom is 0.231 e. The SMILES string of the molecule is CC1(C)CN(Cc2csc(-c3ccc4c(c3)OCO4)n2)CCC1N.Cl. The van der Waals surface area contributed by atoms with E-state index in [0.29, 0.717) is 6.79 Å². The molecule has 5 nitrogen and oxygen atoms in total. The lowest BCUT2D eigenvalue weighted by Gasteiger charge is -2.42. The molecule has 2 aromatic rings. The van der Waals surface area contributed by atoms with Crippen molar-refractivity contribution in [2.45, 2.75) is 32.9 Å². The Morgan fingerprint density at radius 3 is 2.92 bits per heavy atom. The van der Waals surface area contributed by atoms with Crippen molar-refractivity contribution in [2.24, 2.45) is 11.1 Å². The van der Waals surface area contributed by atoms with Crippen LogP contribution in [0.15, 0.2) is 23.6 Å². The molecule has 4 rings (SSSR count). The van der Waals surface area contributed by atoms with E-state index in [1.807, 2.05) is 18.2 Å². The van der Waals surface area contributed by atoms with E-state index in [4.69, 9.17) is 20.2 Å². The Kier molecular flexibility index (Phi) is 5.25. The summed E-state index contributed by atoms with van der Waals surface area (Å²) in [4.78, 5) is 7.28. The molecule has 136 valence electrons. The number of thiazole rings is 1. The second-order valence-corrected chi connectivity index (χ2v) is 8.16. The Hall–Kier alpha value is -1.34. The van der Waals surface area contributed by atoms with E-state index in [9.17, 15) is 0 Å². The van der Waals surface area contributed by atoms with Gasteiger partial charge in [0.15, 0.2) is 11.5 Å². The molecule has 0 saturated carbocycles. The maximum absolute atomic E-state index is 6.23. The van der Waals surface area contributed by atoms with E-state index >= 15 is 0 Å². The Morgan fingerprint density at radius 2 is 2.12 bits per heavy atom. The van der Waals surface area contributed by atoms with Crippen LogP contribution in [0.4, 0.5) is 0 Å². The van der Waals surface area contributed by atoms with Gasteiger partial charge in [-0.15, -0.1) is 23.7 Å². The fraction of sp³-hybridized carbons (Fsp3) is 0.500. The number of aromatic nitrogens is 1. The number of halogens is 1. The van der Waals surface area contributed by atoms with Gasteiger partial charge in [0.2, 0.25) is 6.79 Å². The molecule has 0 amide bonds. The predicted molar refractivity (Wildman–Crippen MR) is 103 cm³/mol. The van der Waals surface area contributed by atoms with Crippen molar-refractivity contribution in [2.75, 3.05) is 19.9 Å². The highest BCUT2D eigenvalue weighted by molar-refractivity contribution is 7.13. The predicted octanol–water partition coefficient (Wildman–Crippen LogP) is 3.52. The first-order valence-electron chi connectivity index (χ1n) is 8.34. The van der Waals surface area contributed by atoms with E-state index in [-0.39, 0.29) is 23.9 Å². The largest absolute Gasteiger partial charge is 0.454 e. The van der Waals surface area contributed by atoms with E-state index in [0.717, 1.165) is 53.8 Å². The third kappa shape index (κ3) is 3.77. The molecule has 0 radical (unpaired) electrons. The monoisotopic (exact) mass is 381 g/mol. The number of rotatable bonds is 3. The molecule has 2 aliphatic rings. The van der Waals surface area contributed by atoms with Gasteiger partial charge in [-0.1, -0.05) is 13.8 Å². The molecule has 1 saturated heterocycles. The molecule has 0 bridgehead atoms. The lowest BCUT2D eigenvalue weighted by molar-refractivity contribution is 0.0891. The minimum absolute atomic E-state index is 0. The minimum atomic E-state index is 0. The average Bonchev–Trinajstić information content (AvgIpc) is 3.18. The highest BCUT2D eigenvalue weighted by Gasteiger charge is 2.33. The quantitative estimate of drug-likeness (QED) is 0.881. The van der Waals surface area contributed by atoms with Crippen molar-refractivity contribution in [3.63, 3.8) is 0 Å². The van der Waals surface area contributed by atoms with Gasteiger partial charge in [0.05, 0.1) is 5.69 Å². The third-order valence-electron chi connectivity index (χ3n) is 4.95. The number of hydrogen-bond donors (Lipinski definition) is 1. The van der Waals surface area contributed by atoms with Crippen LogP contribution in [0, 0.1) is 5.41 Å². The van der Waals surface area contributed by atoms with Crippen LogP contribution < -0.4 is 15.2 Å². The van der Waals surface area contributed by atoms with Crippen LogP contribution in [0.5, 0.6) is 11.5 Å². The summed E-state index contributed by atoms with van der Waals surface area (Å²) in [6, 6.07) is 6.29. The standard InChI is InChI=1S/C18H23N3O2S.ClH/c1-18(2)10-21(6-5-16(18)19)8-13-9-24-17(20-13)12-3-4-14-15(7-12)23-11-22-14;/h3-4,7,9,16H,5-6,8,10-11,19H2,1-2H3;1H. The van der Waals surface area contributed by atoms with Gasteiger partial charge in [-0.25, -0.2) is 4.98 Å². The second kappa shape index (κ2) is 7.11. The number of hydrogen-bond acceptors (Lipinski definition) is 6. The zero-order chi connectivity index (χ0) is 16.7. The number of piperidine rings is 1. The first-order valence-corrected chi connectivity index (χ1v) is 9.22. The van der Waals surface area contributed by atoms with Crippen LogP contribution in [0.3, 0.4) is 0 Å². The van der Waals surface area contributed by atoms with Crippen LogP contribution in [-0.4, -0.2) is 35.8 Å².